The third-order valence-corrected chi connectivity index (χ3v) is 5.57. The van der Waals surface area contributed by atoms with E-state index in [-0.39, 0.29) is 5.57 Å². The molecule has 126 valence electrons. The molecule has 0 aliphatic carbocycles. The Morgan fingerprint density at radius 1 is 1.04 bits per heavy atom. The monoisotopic (exact) mass is 409 g/mol. The van der Waals surface area contributed by atoms with Gasteiger partial charge in [-0.05, 0) is 24.3 Å². The van der Waals surface area contributed by atoms with Crippen LogP contribution >= 0.6 is 46.6 Å². The van der Waals surface area contributed by atoms with Gasteiger partial charge in [-0.25, -0.2) is 0 Å². The van der Waals surface area contributed by atoms with Crippen molar-refractivity contribution in [2.75, 3.05) is 5.32 Å². The van der Waals surface area contributed by atoms with Gasteiger partial charge in [0.05, 0.1) is 15.7 Å². The van der Waals surface area contributed by atoms with Crippen LogP contribution in [0.3, 0.4) is 0 Å². The van der Waals surface area contributed by atoms with Crippen molar-refractivity contribution in [2.24, 2.45) is 0 Å². The summed E-state index contributed by atoms with van der Waals surface area (Å²) in [7, 11) is 0. The second-order valence-corrected chi connectivity index (χ2v) is 7.36. The van der Waals surface area contributed by atoms with E-state index in [1.165, 1.54) is 11.8 Å². The molecule has 3 rings (SSSR count). The number of rotatable bonds is 3. The number of nitrogens with zero attached hydrogens (tertiary/aromatic N) is 1. The van der Waals surface area contributed by atoms with E-state index in [1.54, 1.807) is 42.5 Å². The Kier molecular flexibility index (Phi) is 5.45. The fourth-order valence-corrected chi connectivity index (χ4v) is 4.40. The van der Waals surface area contributed by atoms with Crippen LogP contribution in [0.4, 0.5) is 5.69 Å². The Hall–Kier alpha value is -1.84. The first-order valence-corrected chi connectivity index (χ1v) is 9.10. The van der Waals surface area contributed by atoms with Crippen LogP contribution in [0.1, 0.15) is 10.9 Å². The molecule has 25 heavy (non-hydrogen) atoms. The summed E-state index contributed by atoms with van der Waals surface area (Å²) in [6.07, 6.45) is 0. The summed E-state index contributed by atoms with van der Waals surface area (Å²) in [5.74, 6) is -0.503. The summed E-state index contributed by atoms with van der Waals surface area (Å²) in [6, 6.07) is 14.1. The highest BCUT2D eigenvalue weighted by molar-refractivity contribution is 8.03. The van der Waals surface area contributed by atoms with E-state index >= 15 is 0 Å². The van der Waals surface area contributed by atoms with Crippen LogP contribution in [-0.4, -0.2) is 5.91 Å². The van der Waals surface area contributed by atoms with Crippen molar-refractivity contribution in [3.05, 3.63) is 73.7 Å². The minimum absolute atomic E-state index is 0.0238. The van der Waals surface area contributed by atoms with Crippen LogP contribution < -0.4 is 10.6 Å². The zero-order valence-electron chi connectivity index (χ0n) is 12.5. The van der Waals surface area contributed by atoms with E-state index in [4.69, 9.17) is 34.8 Å². The van der Waals surface area contributed by atoms with Crippen molar-refractivity contribution in [3.63, 3.8) is 0 Å². The molecule has 1 unspecified atom stereocenters. The molecule has 1 aliphatic rings. The molecule has 4 nitrogen and oxygen atoms in total. The maximum absolute atomic E-state index is 12.4. The number of hydrogen-bond acceptors (Lipinski definition) is 4. The molecule has 2 aromatic rings. The predicted octanol–water partition coefficient (Wildman–Crippen LogP) is 5.36. The second kappa shape index (κ2) is 7.59. The maximum Gasteiger partial charge on any atom is 0.265 e. The van der Waals surface area contributed by atoms with Crippen LogP contribution in [0, 0.1) is 11.3 Å². The first-order valence-electron chi connectivity index (χ1n) is 7.08. The molecule has 0 spiro atoms. The number of thioether (sulfide) groups is 1. The van der Waals surface area contributed by atoms with Crippen molar-refractivity contribution >= 4 is 58.2 Å². The number of hydrogen-bond donors (Lipinski definition) is 2. The molecule has 1 atom stereocenters. The van der Waals surface area contributed by atoms with Gasteiger partial charge in [-0.3, -0.25) is 4.79 Å². The standard InChI is InChI=1S/C17H10Cl3N3OS/c18-10-4-1-2-7-13(10)22-16-9(8-21)15(24)23-17(25-16)14-11(19)5-3-6-12(14)20/h1-7,17,22H,(H,23,24). The van der Waals surface area contributed by atoms with Crippen molar-refractivity contribution in [3.8, 4) is 6.07 Å². The van der Waals surface area contributed by atoms with Crippen LogP contribution in [0.25, 0.3) is 0 Å². The Labute approximate surface area is 163 Å². The van der Waals surface area contributed by atoms with E-state index in [0.717, 1.165) is 0 Å². The minimum Gasteiger partial charge on any atom is -0.348 e. The maximum atomic E-state index is 12.4. The average Bonchev–Trinajstić information content (AvgIpc) is 2.57. The van der Waals surface area contributed by atoms with Gasteiger partial charge in [0.15, 0.2) is 0 Å². The average molecular weight is 411 g/mol. The summed E-state index contributed by atoms with van der Waals surface area (Å²) in [4.78, 5) is 12.4. The van der Waals surface area contributed by atoms with Gasteiger partial charge in [0.2, 0.25) is 0 Å². The van der Waals surface area contributed by atoms with E-state index in [2.05, 4.69) is 10.6 Å². The number of carbonyl (C=O) groups excluding carboxylic acids is 1. The minimum atomic E-state index is -0.532. The lowest BCUT2D eigenvalue weighted by Gasteiger charge is -2.27. The Bertz CT molecular complexity index is 903. The molecule has 0 saturated heterocycles. The summed E-state index contributed by atoms with van der Waals surface area (Å²) < 4.78 is 0. The van der Waals surface area contributed by atoms with Gasteiger partial charge in [-0.15, -0.1) is 0 Å². The normalized spacial score (nSPS) is 17.0. The number of benzene rings is 2. The number of para-hydroxylation sites is 1. The fraction of sp³-hybridized carbons (Fsp3) is 0.0588. The molecule has 2 aromatic carbocycles. The Balaban J connectivity index is 2.00. The van der Waals surface area contributed by atoms with Crippen LogP contribution in [0.5, 0.6) is 0 Å². The first-order chi connectivity index (χ1) is 12.0. The molecule has 0 radical (unpaired) electrons. The molecule has 0 saturated carbocycles. The summed E-state index contributed by atoms with van der Waals surface area (Å²) in [6.45, 7) is 0. The topological polar surface area (TPSA) is 64.9 Å². The van der Waals surface area contributed by atoms with E-state index in [0.29, 0.717) is 31.3 Å². The molecule has 1 heterocycles. The lowest BCUT2D eigenvalue weighted by molar-refractivity contribution is -0.117. The fourth-order valence-electron chi connectivity index (χ4n) is 2.27. The molecule has 1 amide bonds. The molecular weight excluding hydrogens is 401 g/mol. The van der Waals surface area contributed by atoms with Gasteiger partial charge in [-0.2, -0.15) is 5.26 Å². The van der Waals surface area contributed by atoms with Crippen LogP contribution in [-0.2, 0) is 4.79 Å². The zero-order valence-corrected chi connectivity index (χ0v) is 15.6. The quantitative estimate of drug-likeness (QED) is 0.715. The van der Waals surface area contributed by atoms with Crippen LogP contribution in [0.2, 0.25) is 15.1 Å². The third-order valence-electron chi connectivity index (χ3n) is 3.45. The van der Waals surface area contributed by atoms with E-state index in [1.807, 2.05) is 6.07 Å². The molecule has 8 heteroatoms. The lowest BCUT2D eigenvalue weighted by atomic mass is 10.2. The van der Waals surface area contributed by atoms with Crippen LogP contribution in [0.15, 0.2) is 53.1 Å². The van der Waals surface area contributed by atoms with E-state index in [9.17, 15) is 10.1 Å². The smallest absolute Gasteiger partial charge is 0.265 e. The highest BCUT2D eigenvalue weighted by Gasteiger charge is 2.31. The zero-order chi connectivity index (χ0) is 18.0. The molecule has 0 bridgehead atoms. The van der Waals surface area contributed by atoms with Gasteiger partial charge in [-0.1, -0.05) is 64.8 Å². The van der Waals surface area contributed by atoms with Gasteiger partial charge >= 0.3 is 0 Å². The number of nitrogens with one attached hydrogen (secondary N) is 2. The first kappa shape index (κ1) is 18.0. The molecule has 2 N–H and O–H groups in total. The highest BCUT2D eigenvalue weighted by atomic mass is 35.5. The summed E-state index contributed by atoms with van der Waals surface area (Å²) in [5, 5.41) is 16.3. The van der Waals surface area contributed by atoms with Crippen molar-refractivity contribution in [2.45, 2.75) is 5.37 Å². The highest BCUT2D eigenvalue weighted by Crippen LogP contribution is 2.43. The van der Waals surface area contributed by atoms with E-state index < -0.39 is 11.3 Å². The Morgan fingerprint density at radius 3 is 2.32 bits per heavy atom. The second-order valence-electron chi connectivity index (χ2n) is 5.03. The van der Waals surface area contributed by atoms with Crippen molar-refractivity contribution in [1.29, 1.82) is 5.26 Å². The Morgan fingerprint density at radius 2 is 1.68 bits per heavy atom. The predicted molar refractivity (Wildman–Crippen MR) is 103 cm³/mol. The van der Waals surface area contributed by atoms with Gasteiger partial charge in [0.1, 0.15) is 17.0 Å². The van der Waals surface area contributed by atoms with Gasteiger partial charge in [0.25, 0.3) is 5.91 Å². The molecular formula is C17H10Cl3N3OS. The van der Waals surface area contributed by atoms with Crippen molar-refractivity contribution < 1.29 is 4.79 Å². The third kappa shape index (κ3) is 3.73. The SMILES string of the molecule is N#CC1=C(Nc2ccccc2Cl)SC(c2c(Cl)cccc2Cl)NC1=O. The number of anilines is 1. The lowest BCUT2D eigenvalue weighted by Crippen LogP contribution is -2.33. The van der Waals surface area contributed by atoms with Gasteiger partial charge < -0.3 is 10.6 Å². The largest absolute Gasteiger partial charge is 0.348 e. The summed E-state index contributed by atoms with van der Waals surface area (Å²) >= 11 is 19.9. The number of carbonyl (C=O) groups is 1. The van der Waals surface area contributed by atoms with Gasteiger partial charge in [0, 0.05) is 15.6 Å². The number of amides is 1. The number of nitriles is 1. The summed E-state index contributed by atoms with van der Waals surface area (Å²) in [5.41, 5.74) is 1.15. The molecule has 0 fully saturated rings. The van der Waals surface area contributed by atoms with Crippen molar-refractivity contribution in [1.82, 2.24) is 5.32 Å². The number of halogens is 3. The molecule has 0 aromatic heterocycles. The molecule has 1 aliphatic heterocycles.